The zero-order valence-corrected chi connectivity index (χ0v) is 13.7. The molecular weight excluding hydrogens is 264 g/mol. The van der Waals surface area contributed by atoms with Crippen molar-refractivity contribution in [2.75, 3.05) is 46.9 Å². The van der Waals surface area contributed by atoms with Gasteiger partial charge in [-0.3, -0.25) is 0 Å². The lowest BCUT2D eigenvalue weighted by Gasteiger charge is -2.27. The molecule has 0 aromatic heterocycles. The Kier molecular flexibility index (Phi) is 5.88. The van der Waals surface area contributed by atoms with Crippen molar-refractivity contribution in [3.63, 3.8) is 0 Å². The summed E-state index contributed by atoms with van der Waals surface area (Å²) in [6.45, 7) is 9.94. The molecule has 21 heavy (non-hydrogen) atoms. The molecule has 0 unspecified atom stereocenters. The van der Waals surface area contributed by atoms with Gasteiger partial charge in [0.05, 0.1) is 14.2 Å². The Balaban J connectivity index is 2.14. The fourth-order valence-corrected chi connectivity index (χ4v) is 2.85. The highest BCUT2D eigenvalue weighted by molar-refractivity contribution is 5.48. The Morgan fingerprint density at radius 2 is 1.76 bits per heavy atom. The third-order valence-corrected chi connectivity index (χ3v) is 4.16. The average Bonchev–Trinajstić information content (AvgIpc) is 2.52. The molecule has 1 aliphatic heterocycles. The summed E-state index contributed by atoms with van der Waals surface area (Å²) in [5.41, 5.74) is 2.54. The highest BCUT2D eigenvalue weighted by atomic mass is 16.5. The molecule has 1 heterocycles. The molecule has 0 aliphatic carbocycles. The minimum Gasteiger partial charge on any atom is -0.496 e. The molecule has 1 aromatic rings. The maximum atomic E-state index is 5.55. The molecule has 1 aliphatic rings. The standard InChI is InChI=1S/C17H28N2O2/c1-13(2)15-11-14(16(20-3)12-17(15)21-4)5-8-19-9-6-18-7-10-19/h11-13,18H,5-10H2,1-4H3. The van der Waals surface area contributed by atoms with Crippen LogP contribution in [0.4, 0.5) is 0 Å². The summed E-state index contributed by atoms with van der Waals surface area (Å²) in [7, 11) is 3.46. The first-order valence-electron chi connectivity index (χ1n) is 7.83. The van der Waals surface area contributed by atoms with Crippen molar-refractivity contribution in [3.8, 4) is 11.5 Å². The van der Waals surface area contributed by atoms with Crippen LogP contribution in [0.5, 0.6) is 11.5 Å². The predicted octanol–water partition coefficient (Wildman–Crippen LogP) is 2.27. The van der Waals surface area contributed by atoms with Crippen LogP contribution in [0.15, 0.2) is 12.1 Å². The van der Waals surface area contributed by atoms with E-state index in [9.17, 15) is 0 Å². The Labute approximate surface area is 128 Å². The summed E-state index contributed by atoms with van der Waals surface area (Å²) < 4.78 is 11.1. The monoisotopic (exact) mass is 292 g/mol. The first-order valence-corrected chi connectivity index (χ1v) is 7.83. The lowest BCUT2D eigenvalue weighted by Crippen LogP contribution is -2.44. The van der Waals surface area contributed by atoms with E-state index in [0.717, 1.165) is 50.6 Å². The van der Waals surface area contributed by atoms with Gasteiger partial charge < -0.3 is 19.7 Å². The summed E-state index contributed by atoms with van der Waals surface area (Å²) >= 11 is 0. The van der Waals surface area contributed by atoms with Crippen molar-refractivity contribution >= 4 is 0 Å². The SMILES string of the molecule is COc1cc(OC)c(C(C)C)cc1CCN1CCNCC1. The van der Waals surface area contributed by atoms with E-state index >= 15 is 0 Å². The van der Waals surface area contributed by atoms with E-state index in [1.165, 1.54) is 11.1 Å². The van der Waals surface area contributed by atoms with Gasteiger partial charge in [-0.1, -0.05) is 13.8 Å². The first kappa shape index (κ1) is 16.1. The quantitative estimate of drug-likeness (QED) is 0.872. The third kappa shape index (κ3) is 4.11. The molecular formula is C17H28N2O2. The van der Waals surface area contributed by atoms with Gasteiger partial charge in [-0.2, -0.15) is 0 Å². The van der Waals surface area contributed by atoms with Gasteiger partial charge in [-0.25, -0.2) is 0 Å². The van der Waals surface area contributed by atoms with Crippen LogP contribution in [0.3, 0.4) is 0 Å². The van der Waals surface area contributed by atoms with Crippen LogP contribution < -0.4 is 14.8 Å². The Morgan fingerprint density at radius 1 is 1.10 bits per heavy atom. The molecule has 0 atom stereocenters. The highest BCUT2D eigenvalue weighted by Crippen LogP contribution is 2.33. The molecule has 1 fully saturated rings. The van der Waals surface area contributed by atoms with Crippen molar-refractivity contribution in [1.29, 1.82) is 0 Å². The summed E-state index contributed by atoms with van der Waals surface area (Å²) in [5.74, 6) is 2.31. The molecule has 0 saturated carbocycles. The van der Waals surface area contributed by atoms with Crippen molar-refractivity contribution < 1.29 is 9.47 Å². The normalized spacial score (nSPS) is 16.2. The van der Waals surface area contributed by atoms with Crippen LogP contribution in [0, 0.1) is 0 Å². The second-order valence-electron chi connectivity index (χ2n) is 5.90. The van der Waals surface area contributed by atoms with E-state index in [1.54, 1.807) is 14.2 Å². The van der Waals surface area contributed by atoms with E-state index in [1.807, 2.05) is 6.07 Å². The topological polar surface area (TPSA) is 33.7 Å². The average molecular weight is 292 g/mol. The van der Waals surface area contributed by atoms with Gasteiger partial charge >= 0.3 is 0 Å². The van der Waals surface area contributed by atoms with E-state index in [0.29, 0.717) is 5.92 Å². The van der Waals surface area contributed by atoms with Crippen molar-refractivity contribution in [2.45, 2.75) is 26.2 Å². The van der Waals surface area contributed by atoms with Crippen molar-refractivity contribution in [3.05, 3.63) is 23.3 Å². The van der Waals surface area contributed by atoms with Gasteiger partial charge in [0.2, 0.25) is 0 Å². The zero-order chi connectivity index (χ0) is 15.2. The second kappa shape index (κ2) is 7.66. The molecule has 4 heteroatoms. The lowest BCUT2D eigenvalue weighted by molar-refractivity contribution is 0.243. The van der Waals surface area contributed by atoms with E-state index < -0.39 is 0 Å². The number of hydrogen-bond donors (Lipinski definition) is 1. The molecule has 0 radical (unpaired) electrons. The number of piperazine rings is 1. The van der Waals surface area contributed by atoms with Crippen LogP contribution in [0.25, 0.3) is 0 Å². The number of nitrogens with one attached hydrogen (secondary N) is 1. The molecule has 2 rings (SSSR count). The number of methoxy groups -OCH3 is 2. The Bertz CT molecular complexity index is 454. The van der Waals surface area contributed by atoms with E-state index in [4.69, 9.17) is 9.47 Å². The molecule has 0 spiro atoms. The molecule has 118 valence electrons. The van der Waals surface area contributed by atoms with Crippen LogP contribution >= 0.6 is 0 Å². The van der Waals surface area contributed by atoms with Crippen molar-refractivity contribution in [1.82, 2.24) is 10.2 Å². The highest BCUT2D eigenvalue weighted by Gasteiger charge is 2.15. The molecule has 0 bridgehead atoms. The number of rotatable bonds is 6. The molecule has 1 aromatic carbocycles. The maximum Gasteiger partial charge on any atom is 0.126 e. The Morgan fingerprint density at radius 3 is 2.33 bits per heavy atom. The van der Waals surface area contributed by atoms with E-state index in [2.05, 4.69) is 30.1 Å². The maximum absolute atomic E-state index is 5.55. The molecule has 0 amide bonds. The number of benzene rings is 1. The largest absolute Gasteiger partial charge is 0.496 e. The minimum atomic E-state index is 0.448. The van der Waals surface area contributed by atoms with Gasteiger partial charge in [0.1, 0.15) is 11.5 Å². The fourth-order valence-electron chi connectivity index (χ4n) is 2.85. The fraction of sp³-hybridized carbons (Fsp3) is 0.647. The summed E-state index contributed by atoms with van der Waals surface area (Å²) in [6.07, 6.45) is 1.02. The predicted molar refractivity (Wildman–Crippen MR) is 86.6 cm³/mol. The molecule has 1 saturated heterocycles. The summed E-state index contributed by atoms with van der Waals surface area (Å²) in [6, 6.07) is 4.28. The lowest BCUT2D eigenvalue weighted by atomic mass is 9.97. The van der Waals surface area contributed by atoms with Gasteiger partial charge in [-0.05, 0) is 29.5 Å². The molecule has 1 N–H and O–H groups in total. The second-order valence-corrected chi connectivity index (χ2v) is 5.90. The Hall–Kier alpha value is -1.26. The minimum absolute atomic E-state index is 0.448. The number of hydrogen-bond acceptors (Lipinski definition) is 4. The summed E-state index contributed by atoms with van der Waals surface area (Å²) in [5, 5.41) is 3.39. The van der Waals surface area contributed by atoms with Gasteiger partial charge in [0.15, 0.2) is 0 Å². The van der Waals surface area contributed by atoms with Crippen LogP contribution in [-0.2, 0) is 6.42 Å². The smallest absolute Gasteiger partial charge is 0.126 e. The number of nitrogens with zero attached hydrogens (tertiary/aromatic N) is 1. The van der Waals surface area contributed by atoms with Gasteiger partial charge in [0, 0.05) is 38.8 Å². The van der Waals surface area contributed by atoms with E-state index in [-0.39, 0.29) is 0 Å². The van der Waals surface area contributed by atoms with Gasteiger partial charge in [0.25, 0.3) is 0 Å². The van der Waals surface area contributed by atoms with Crippen LogP contribution in [0.1, 0.15) is 30.9 Å². The number of ether oxygens (including phenoxy) is 2. The molecule has 4 nitrogen and oxygen atoms in total. The first-order chi connectivity index (χ1) is 10.2. The van der Waals surface area contributed by atoms with Crippen LogP contribution in [-0.4, -0.2) is 51.8 Å². The zero-order valence-electron chi connectivity index (χ0n) is 13.7. The summed E-state index contributed by atoms with van der Waals surface area (Å²) in [4.78, 5) is 2.51. The van der Waals surface area contributed by atoms with Gasteiger partial charge in [-0.15, -0.1) is 0 Å². The van der Waals surface area contributed by atoms with Crippen LogP contribution in [0.2, 0.25) is 0 Å². The van der Waals surface area contributed by atoms with Crippen molar-refractivity contribution in [2.24, 2.45) is 0 Å². The third-order valence-electron chi connectivity index (χ3n) is 4.16.